The molecule has 0 saturated heterocycles. The predicted molar refractivity (Wildman–Crippen MR) is 90.9 cm³/mol. The summed E-state index contributed by atoms with van der Waals surface area (Å²) in [5, 5.41) is 0.780. The summed E-state index contributed by atoms with van der Waals surface area (Å²) in [6, 6.07) is 7.72. The van der Waals surface area contributed by atoms with Gasteiger partial charge in [0.1, 0.15) is 0 Å². The Morgan fingerprint density at radius 3 is 2.71 bits per heavy atom. The number of allylic oxidation sites excluding steroid dienone is 2. The number of aromatic nitrogens is 1. The molecule has 0 spiro atoms. The Bertz CT molecular complexity index is 667. The smallest absolute Gasteiger partial charge is 0.192 e. The fourth-order valence-electron chi connectivity index (χ4n) is 2.60. The summed E-state index contributed by atoms with van der Waals surface area (Å²) in [6.07, 6.45) is 11.5. The minimum Gasteiger partial charge on any atom is -0.358 e. The summed E-state index contributed by atoms with van der Waals surface area (Å²) in [5.41, 5.74) is 2.95. The molecule has 1 heterocycles. The Balaban J connectivity index is 2.04. The Morgan fingerprint density at radius 1 is 1.10 bits per heavy atom. The van der Waals surface area contributed by atoms with Crippen LogP contribution in [0.25, 0.3) is 10.9 Å². The van der Waals surface area contributed by atoms with E-state index >= 15 is 0 Å². The number of rotatable bonds is 7. The zero-order valence-electron chi connectivity index (χ0n) is 13.1. The number of pyridine rings is 1. The van der Waals surface area contributed by atoms with Crippen LogP contribution < -0.4 is 5.43 Å². The number of H-pyrrole nitrogens is 1. The van der Waals surface area contributed by atoms with Crippen LogP contribution >= 0.6 is 0 Å². The third-order valence-corrected chi connectivity index (χ3v) is 3.96. The SMILES string of the molecule is CCCCCC/C=C/Cc1[nH]c2ccccc2c(=O)c1C. The highest BCUT2D eigenvalue weighted by molar-refractivity contribution is 5.79. The molecule has 1 aromatic carbocycles. The van der Waals surface area contributed by atoms with Crippen LogP contribution in [0.1, 0.15) is 50.3 Å². The van der Waals surface area contributed by atoms with Crippen molar-refractivity contribution in [3.63, 3.8) is 0 Å². The van der Waals surface area contributed by atoms with Gasteiger partial charge in [-0.1, -0.05) is 50.5 Å². The molecule has 0 amide bonds. The van der Waals surface area contributed by atoms with E-state index in [-0.39, 0.29) is 5.43 Å². The largest absolute Gasteiger partial charge is 0.358 e. The molecule has 0 saturated carbocycles. The molecule has 0 radical (unpaired) electrons. The standard InChI is InChI=1S/C19H25NO/c1-3-4-5-6-7-8-9-13-17-15(2)19(21)16-12-10-11-14-18(16)20-17/h8-12,14H,3-7,13H2,1-2H3,(H,20,21)/b9-8+. The third kappa shape index (κ3) is 4.07. The molecule has 0 bridgehead atoms. The molecule has 2 rings (SSSR count). The highest BCUT2D eigenvalue weighted by Crippen LogP contribution is 2.12. The molecule has 2 nitrogen and oxygen atoms in total. The van der Waals surface area contributed by atoms with E-state index in [0.29, 0.717) is 0 Å². The van der Waals surface area contributed by atoms with Gasteiger partial charge >= 0.3 is 0 Å². The number of para-hydroxylation sites is 1. The summed E-state index contributed by atoms with van der Waals surface area (Å²) in [4.78, 5) is 15.7. The number of benzene rings is 1. The van der Waals surface area contributed by atoms with Crippen LogP contribution in [0.2, 0.25) is 0 Å². The highest BCUT2D eigenvalue weighted by atomic mass is 16.1. The van der Waals surface area contributed by atoms with Crippen molar-refractivity contribution in [3.05, 3.63) is 57.9 Å². The Labute approximate surface area is 126 Å². The fourth-order valence-corrected chi connectivity index (χ4v) is 2.60. The van der Waals surface area contributed by atoms with Crippen LogP contribution in [0.3, 0.4) is 0 Å². The van der Waals surface area contributed by atoms with Crippen molar-refractivity contribution in [1.82, 2.24) is 4.98 Å². The van der Waals surface area contributed by atoms with Gasteiger partial charge in [-0.25, -0.2) is 0 Å². The van der Waals surface area contributed by atoms with Gasteiger partial charge in [0.05, 0.1) is 0 Å². The lowest BCUT2D eigenvalue weighted by atomic mass is 10.1. The number of hydrogen-bond donors (Lipinski definition) is 1. The lowest BCUT2D eigenvalue weighted by Crippen LogP contribution is -2.11. The second-order valence-corrected chi connectivity index (χ2v) is 5.63. The maximum absolute atomic E-state index is 12.3. The molecule has 2 aromatic rings. The predicted octanol–water partition coefficient (Wildman–Crippen LogP) is 4.91. The number of unbranched alkanes of at least 4 members (excludes halogenated alkanes) is 4. The monoisotopic (exact) mass is 283 g/mol. The van der Waals surface area contributed by atoms with E-state index in [1.165, 1.54) is 25.7 Å². The number of fused-ring (bicyclic) bond motifs is 1. The van der Waals surface area contributed by atoms with Gasteiger partial charge in [-0.05, 0) is 31.9 Å². The van der Waals surface area contributed by atoms with Gasteiger partial charge in [-0.2, -0.15) is 0 Å². The molecule has 0 atom stereocenters. The molecule has 0 unspecified atom stereocenters. The Hall–Kier alpha value is -1.83. The second kappa shape index (κ2) is 7.82. The van der Waals surface area contributed by atoms with Crippen molar-refractivity contribution in [2.24, 2.45) is 0 Å². The highest BCUT2D eigenvalue weighted by Gasteiger charge is 2.06. The van der Waals surface area contributed by atoms with Gasteiger partial charge < -0.3 is 4.98 Å². The normalized spacial score (nSPS) is 11.5. The van der Waals surface area contributed by atoms with E-state index in [0.717, 1.165) is 35.0 Å². The van der Waals surface area contributed by atoms with Crippen molar-refractivity contribution < 1.29 is 0 Å². The molecule has 0 aliphatic carbocycles. The molecule has 1 N–H and O–H groups in total. The fraction of sp³-hybridized carbons (Fsp3) is 0.421. The first-order chi connectivity index (χ1) is 10.2. The molecular formula is C19H25NO. The summed E-state index contributed by atoms with van der Waals surface area (Å²) >= 11 is 0. The van der Waals surface area contributed by atoms with Gasteiger partial charge in [0.25, 0.3) is 0 Å². The van der Waals surface area contributed by atoms with E-state index in [9.17, 15) is 4.79 Å². The molecular weight excluding hydrogens is 258 g/mol. The van der Waals surface area contributed by atoms with Gasteiger partial charge in [0.15, 0.2) is 5.43 Å². The maximum Gasteiger partial charge on any atom is 0.192 e. The van der Waals surface area contributed by atoms with Crippen LogP contribution in [-0.4, -0.2) is 4.98 Å². The molecule has 0 fully saturated rings. The third-order valence-electron chi connectivity index (χ3n) is 3.96. The number of nitrogens with one attached hydrogen (secondary N) is 1. The van der Waals surface area contributed by atoms with Crippen LogP contribution in [0, 0.1) is 6.92 Å². The summed E-state index contributed by atoms with van der Waals surface area (Å²) in [6.45, 7) is 4.14. The topological polar surface area (TPSA) is 32.9 Å². The van der Waals surface area contributed by atoms with Crippen LogP contribution in [0.4, 0.5) is 0 Å². The van der Waals surface area contributed by atoms with Crippen molar-refractivity contribution in [2.45, 2.75) is 52.4 Å². The molecule has 21 heavy (non-hydrogen) atoms. The zero-order chi connectivity index (χ0) is 15.1. The van der Waals surface area contributed by atoms with Gasteiger partial charge in [0, 0.05) is 28.6 Å². The summed E-state index contributed by atoms with van der Waals surface area (Å²) in [5.74, 6) is 0. The van der Waals surface area contributed by atoms with Crippen molar-refractivity contribution in [2.75, 3.05) is 0 Å². The number of aromatic amines is 1. The summed E-state index contributed by atoms with van der Waals surface area (Å²) in [7, 11) is 0. The van der Waals surface area contributed by atoms with E-state index < -0.39 is 0 Å². The Morgan fingerprint density at radius 2 is 1.90 bits per heavy atom. The number of hydrogen-bond acceptors (Lipinski definition) is 1. The van der Waals surface area contributed by atoms with E-state index in [1.807, 2.05) is 31.2 Å². The van der Waals surface area contributed by atoms with E-state index in [4.69, 9.17) is 0 Å². The molecule has 1 aromatic heterocycles. The minimum atomic E-state index is 0.149. The lowest BCUT2D eigenvalue weighted by molar-refractivity contribution is 0.674. The van der Waals surface area contributed by atoms with Gasteiger partial charge in [-0.15, -0.1) is 0 Å². The minimum absolute atomic E-state index is 0.149. The first-order valence-corrected chi connectivity index (χ1v) is 7.99. The van der Waals surface area contributed by atoms with Crippen molar-refractivity contribution in [1.29, 1.82) is 0 Å². The average molecular weight is 283 g/mol. The zero-order valence-corrected chi connectivity index (χ0v) is 13.1. The van der Waals surface area contributed by atoms with Crippen LogP contribution in [-0.2, 0) is 6.42 Å². The molecule has 0 aliphatic heterocycles. The van der Waals surface area contributed by atoms with E-state index in [2.05, 4.69) is 24.1 Å². The van der Waals surface area contributed by atoms with Gasteiger partial charge in [-0.3, -0.25) is 4.79 Å². The van der Waals surface area contributed by atoms with Crippen molar-refractivity contribution in [3.8, 4) is 0 Å². The van der Waals surface area contributed by atoms with Crippen LogP contribution in [0.15, 0.2) is 41.2 Å². The lowest BCUT2D eigenvalue weighted by Gasteiger charge is -2.06. The van der Waals surface area contributed by atoms with Gasteiger partial charge in [0.2, 0.25) is 0 Å². The average Bonchev–Trinajstić information content (AvgIpc) is 2.51. The molecule has 112 valence electrons. The molecule has 0 aliphatic rings. The van der Waals surface area contributed by atoms with Crippen LogP contribution in [0.5, 0.6) is 0 Å². The maximum atomic E-state index is 12.3. The van der Waals surface area contributed by atoms with E-state index in [1.54, 1.807) is 0 Å². The second-order valence-electron chi connectivity index (χ2n) is 5.63. The quantitative estimate of drug-likeness (QED) is 0.568. The molecule has 2 heteroatoms. The first kappa shape index (κ1) is 15.6. The van der Waals surface area contributed by atoms with Crippen molar-refractivity contribution >= 4 is 10.9 Å². The Kier molecular flexibility index (Phi) is 5.79. The summed E-state index contributed by atoms with van der Waals surface area (Å²) < 4.78 is 0. The first-order valence-electron chi connectivity index (χ1n) is 7.99.